The lowest BCUT2D eigenvalue weighted by Gasteiger charge is -2.25. The number of hydrogen-bond acceptors (Lipinski definition) is 4. The predicted molar refractivity (Wildman–Crippen MR) is 79.9 cm³/mol. The van der Waals surface area contributed by atoms with Crippen LogP contribution in [0.5, 0.6) is 0 Å². The van der Waals surface area contributed by atoms with Crippen LogP contribution in [-0.2, 0) is 0 Å². The summed E-state index contributed by atoms with van der Waals surface area (Å²) in [6, 6.07) is 4.83. The molecule has 0 amide bonds. The molecule has 0 aromatic heterocycles. The van der Waals surface area contributed by atoms with Crippen LogP contribution in [0.4, 0.5) is 11.4 Å². The number of aromatic carboxylic acids is 1. The summed E-state index contributed by atoms with van der Waals surface area (Å²) in [6.45, 7) is 5.12. The van der Waals surface area contributed by atoms with Crippen molar-refractivity contribution in [3.8, 4) is 0 Å². The number of nitro groups is 1. The summed E-state index contributed by atoms with van der Waals surface area (Å²) in [5.74, 6) is -0.715. The van der Waals surface area contributed by atoms with Gasteiger partial charge in [0.2, 0.25) is 0 Å². The van der Waals surface area contributed by atoms with E-state index >= 15 is 0 Å². The Morgan fingerprint density at radius 2 is 2.14 bits per heavy atom. The highest BCUT2D eigenvalue weighted by Crippen LogP contribution is 2.34. The molecule has 1 aromatic carbocycles. The second kappa shape index (κ2) is 6.11. The van der Waals surface area contributed by atoms with Gasteiger partial charge in [-0.1, -0.05) is 13.8 Å². The van der Waals surface area contributed by atoms with Gasteiger partial charge in [0.15, 0.2) is 0 Å². The molecule has 1 N–H and O–H groups in total. The summed E-state index contributed by atoms with van der Waals surface area (Å²) in [5, 5.41) is 20.1. The van der Waals surface area contributed by atoms with Crippen LogP contribution in [-0.4, -0.2) is 28.6 Å². The van der Waals surface area contributed by atoms with E-state index in [1.807, 2.05) is 0 Å². The third-order valence-corrected chi connectivity index (χ3v) is 3.68. The molecule has 1 fully saturated rings. The Morgan fingerprint density at radius 3 is 2.62 bits per heavy atom. The minimum Gasteiger partial charge on any atom is -0.477 e. The van der Waals surface area contributed by atoms with Gasteiger partial charge in [0.1, 0.15) is 5.56 Å². The average Bonchev–Trinajstić information content (AvgIpc) is 3.22. The van der Waals surface area contributed by atoms with Gasteiger partial charge in [-0.2, -0.15) is 0 Å². The molecule has 0 radical (unpaired) electrons. The third-order valence-electron chi connectivity index (χ3n) is 3.68. The number of hydrogen-bond donors (Lipinski definition) is 1. The molecular weight excluding hydrogens is 272 g/mol. The first-order valence-electron chi connectivity index (χ1n) is 7.18. The number of anilines is 1. The molecule has 0 bridgehead atoms. The Kier molecular flexibility index (Phi) is 4.45. The predicted octanol–water partition coefficient (Wildman–Crippen LogP) is 3.31. The fraction of sp³-hybridized carbons (Fsp3) is 0.533. The van der Waals surface area contributed by atoms with Gasteiger partial charge in [-0.15, -0.1) is 0 Å². The minimum atomic E-state index is -1.27. The van der Waals surface area contributed by atoms with Crippen LogP contribution < -0.4 is 4.90 Å². The molecule has 1 aromatic rings. The molecule has 6 nitrogen and oxygen atoms in total. The van der Waals surface area contributed by atoms with Crippen molar-refractivity contribution >= 4 is 17.3 Å². The van der Waals surface area contributed by atoms with Gasteiger partial charge in [0.25, 0.3) is 5.69 Å². The van der Waals surface area contributed by atoms with Gasteiger partial charge in [-0.3, -0.25) is 10.1 Å². The van der Waals surface area contributed by atoms with E-state index in [1.54, 1.807) is 6.07 Å². The SMILES string of the molecule is CC(C)CCN(c1ccc(C(=O)O)c([N+](=O)[O-])c1)C1CC1. The molecular formula is C15H20N2O4. The van der Waals surface area contributed by atoms with Crippen LogP contribution in [0, 0.1) is 16.0 Å². The topological polar surface area (TPSA) is 83.7 Å². The van der Waals surface area contributed by atoms with Crippen molar-refractivity contribution in [3.63, 3.8) is 0 Å². The molecule has 0 aliphatic heterocycles. The van der Waals surface area contributed by atoms with Crippen molar-refractivity contribution in [3.05, 3.63) is 33.9 Å². The van der Waals surface area contributed by atoms with Gasteiger partial charge >= 0.3 is 5.97 Å². The van der Waals surface area contributed by atoms with Gasteiger partial charge < -0.3 is 10.0 Å². The van der Waals surface area contributed by atoms with Crippen molar-refractivity contribution in [1.29, 1.82) is 0 Å². The van der Waals surface area contributed by atoms with Crippen molar-refractivity contribution in [2.24, 2.45) is 5.92 Å². The standard InChI is InChI=1S/C15H20N2O4/c1-10(2)7-8-16(11-3-4-11)12-5-6-13(15(18)19)14(9-12)17(20)21/h5-6,9-11H,3-4,7-8H2,1-2H3,(H,18,19). The van der Waals surface area contributed by atoms with Crippen molar-refractivity contribution in [1.82, 2.24) is 0 Å². The zero-order chi connectivity index (χ0) is 15.6. The zero-order valence-corrected chi connectivity index (χ0v) is 12.3. The Labute approximate surface area is 123 Å². The van der Waals surface area contributed by atoms with Gasteiger partial charge in [0.05, 0.1) is 4.92 Å². The summed E-state index contributed by atoms with van der Waals surface area (Å²) in [5.41, 5.74) is 0.147. The van der Waals surface area contributed by atoms with E-state index in [0.717, 1.165) is 31.5 Å². The maximum atomic E-state index is 11.1. The Bertz CT molecular complexity index is 553. The van der Waals surface area contributed by atoms with Gasteiger partial charge in [0, 0.05) is 24.3 Å². The second-order valence-corrected chi connectivity index (χ2v) is 5.87. The maximum absolute atomic E-state index is 11.1. The van der Waals surface area contributed by atoms with Crippen LogP contribution >= 0.6 is 0 Å². The maximum Gasteiger partial charge on any atom is 0.342 e. The van der Waals surface area contributed by atoms with Crippen LogP contribution in [0.3, 0.4) is 0 Å². The van der Waals surface area contributed by atoms with E-state index in [-0.39, 0.29) is 11.3 Å². The molecule has 0 unspecified atom stereocenters. The summed E-state index contributed by atoms with van der Waals surface area (Å²) in [4.78, 5) is 23.7. The van der Waals surface area contributed by atoms with E-state index in [4.69, 9.17) is 5.11 Å². The first kappa shape index (κ1) is 15.3. The third kappa shape index (κ3) is 3.71. The summed E-state index contributed by atoms with van der Waals surface area (Å²) in [7, 11) is 0. The highest BCUT2D eigenvalue weighted by Gasteiger charge is 2.31. The molecule has 1 saturated carbocycles. The number of nitrogens with zero attached hydrogens (tertiary/aromatic N) is 2. The fourth-order valence-electron chi connectivity index (χ4n) is 2.34. The van der Waals surface area contributed by atoms with Gasteiger partial charge in [-0.25, -0.2) is 4.79 Å². The fourth-order valence-corrected chi connectivity index (χ4v) is 2.34. The molecule has 6 heteroatoms. The Hall–Kier alpha value is -2.11. The Morgan fingerprint density at radius 1 is 1.48 bits per heavy atom. The zero-order valence-electron chi connectivity index (χ0n) is 12.3. The lowest BCUT2D eigenvalue weighted by molar-refractivity contribution is -0.385. The number of rotatable bonds is 7. The monoisotopic (exact) mass is 292 g/mol. The van der Waals surface area contributed by atoms with Crippen LogP contribution in [0.2, 0.25) is 0 Å². The lowest BCUT2D eigenvalue weighted by Crippen LogP contribution is -2.27. The van der Waals surface area contributed by atoms with E-state index < -0.39 is 10.9 Å². The highest BCUT2D eigenvalue weighted by molar-refractivity contribution is 5.93. The second-order valence-electron chi connectivity index (χ2n) is 5.87. The molecule has 114 valence electrons. The summed E-state index contributed by atoms with van der Waals surface area (Å²) < 4.78 is 0. The number of carbonyl (C=O) groups is 1. The molecule has 21 heavy (non-hydrogen) atoms. The van der Waals surface area contributed by atoms with Crippen molar-refractivity contribution in [2.75, 3.05) is 11.4 Å². The minimum absolute atomic E-state index is 0.261. The van der Waals surface area contributed by atoms with E-state index in [9.17, 15) is 14.9 Å². The number of nitro benzene ring substituents is 1. The quantitative estimate of drug-likeness (QED) is 0.615. The number of benzene rings is 1. The molecule has 0 saturated heterocycles. The van der Waals surface area contributed by atoms with Crippen LogP contribution in [0.15, 0.2) is 18.2 Å². The summed E-state index contributed by atoms with van der Waals surface area (Å²) >= 11 is 0. The molecule has 0 atom stereocenters. The van der Waals surface area contributed by atoms with E-state index in [0.29, 0.717) is 12.0 Å². The largest absolute Gasteiger partial charge is 0.477 e. The molecule has 0 spiro atoms. The number of carboxylic acids is 1. The summed E-state index contributed by atoms with van der Waals surface area (Å²) in [6.07, 6.45) is 3.18. The van der Waals surface area contributed by atoms with Gasteiger partial charge in [-0.05, 0) is 37.3 Å². The first-order chi connectivity index (χ1) is 9.90. The first-order valence-corrected chi connectivity index (χ1v) is 7.18. The van der Waals surface area contributed by atoms with Crippen molar-refractivity contribution in [2.45, 2.75) is 39.2 Å². The average molecular weight is 292 g/mol. The lowest BCUT2D eigenvalue weighted by atomic mass is 10.1. The molecule has 1 aliphatic rings. The molecule has 2 rings (SSSR count). The number of carboxylic acid groups (broad SMARTS) is 1. The van der Waals surface area contributed by atoms with Crippen LogP contribution in [0.25, 0.3) is 0 Å². The van der Waals surface area contributed by atoms with E-state index in [1.165, 1.54) is 12.1 Å². The highest BCUT2D eigenvalue weighted by atomic mass is 16.6. The molecule has 0 heterocycles. The Balaban J connectivity index is 2.30. The van der Waals surface area contributed by atoms with Crippen LogP contribution in [0.1, 0.15) is 43.5 Å². The normalized spacial score (nSPS) is 14.2. The van der Waals surface area contributed by atoms with Crippen molar-refractivity contribution < 1.29 is 14.8 Å². The smallest absolute Gasteiger partial charge is 0.342 e. The van der Waals surface area contributed by atoms with E-state index in [2.05, 4.69) is 18.7 Å². The molecule has 1 aliphatic carbocycles.